The molecule has 0 bridgehead atoms. The fraction of sp³-hybridized carbons (Fsp3) is 0.644. The molecule has 0 aromatic heterocycles. The minimum atomic E-state index is -2.40. The van der Waals surface area contributed by atoms with Crippen molar-refractivity contribution in [2.45, 2.75) is 186 Å². The third-order valence-electron chi connectivity index (χ3n) is 17.4. The Hall–Kier alpha value is -7.68. The number of nitrogens with zero attached hydrogens (tertiary/aromatic N) is 3. The summed E-state index contributed by atoms with van der Waals surface area (Å²) in [5.41, 5.74) is 12.4. The predicted molar refractivity (Wildman–Crippen MR) is 326 cm³/mol. The molecular formula is C59H85FN12O26. The Morgan fingerprint density at radius 2 is 1.23 bits per heavy atom. The monoisotopic (exact) mass is 1400 g/mol. The molecule has 6 aliphatic heterocycles. The number of amides is 6. The third-order valence-corrected chi connectivity index (χ3v) is 17.4. The molecule has 6 amide bonds. The second kappa shape index (κ2) is 33.5. The van der Waals surface area contributed by atoms with Gasteiger partial charge in [-0.05, 0) is 29.2 Å². The zero-order valence-corrected chi connectivity index (χ0v) is 53.0. The van der Waals surface area contributed by atoms with Crippen LogP contribution in [0.2, 0.25) is 0 Å². The number of aliphatic hydroxyl groups excluding tert-OH is 13. The van der Waals surface area contributed by atoms with Crippen molar-refractivity contribution in [3.8, 4) is 5.75 Å². The van der Waals surface area contributed by atoms with Crippen molar-refractivity contribution in [2.75, 3.05) is 46.1 Å². The van der Waals surface area contributed by atoms with Gasteiger partial charge in [-0.3, -0.25) is 43.5 Å². The summed E-state index contributed by atoms with van der Waals surface area (Å²) in [7, 11) is 0. The summed E-state index contributed by atoms with van der Waals surface area (Å²) in [4.78, 5) is 109. The number of nitrogens with one attached hydrogen (secondary N) is 7. The number of carbonyl (C=O) groups excluding carboxylic acids is 7. The van der Waals surface area contributed by atoms with Gasteiger partial charge in [0.05, 0.1) is 58.1 Å². The number of hydrogen-bond acceptors (Lipinski definition) is 32. The Labute approximate surface area is 557 Å². The Morgan fingerprint density at radius 3 is 1.87 bits per heavy atom. The maximum atomic E-state index is 16.6. The van der Waals surface area contributed by atoms with Crippen LogP contribution in [-0.2, 0) is 63.7 Å². The van der Waals surface area contributed by atoms with Gasteiger partial charge < -0.3 is 148 Å². The zero-order chi connectivity index (χ0) is 71.7. The van der Waals surface area contributed by atoms with E-state index in [0.29, 0.717) is 5.56 Å². The number of nitrogens with two attached hydrogens (primary N) is 2. The van der Waals surface area contributed by atoms with Gasteiger partial charge in [0, 0.05) is 18.8 Å². The van der Waals surface area contributed by atoms with Gasteiger partial charge in [-0.1, -0.05) is 57.2 Å². The van der Waals surface area contributed by atoms with E-state index in [1.165, 1.54) is 6.92 Å². The zero-order valence-electron chi connectivity index (χ0n) is 53.0. The summed E-state index contributed by atoms with van der Waals surface area (Å²) < 4.78 is 50.6. The Bertz CT molecular complexity index is 3180. The quantitative estimate of drug-likeness (QED) is 0.0547. The van der Waals surface area contributed by atoms with Crippen molar-refractivity contribution in [1.82, 2.24) is 42.1 Å². The predicted octanol–water partition coefficient (Wildman–Crippen LogP) is -11.9. The number of carbonyl (C=O) groups is 7. The first-order chi connectivity index (χ1) is 46.5. The van der Waals surface area contributed by atoms with E-state index in [2.05, 4.69) is 47.2 Å². The van der Waals surface area contributed by atoms with Crippen molar-refractivity contribution < 1.29 is 133 Å². The summed E-state index contributed by atoms with van der Waals surface area (Å²) in [6.45, 7) is -0.998. The Kier molecular flexibility index (Phi) is 26.0. The van der Waals surface area contributed by atoms with Gasteiger partial charge in [-0.25, -0.2) is 4.39 Å². The lowest BCUT2D eigenvalue weighted by atomic mass is 9.92. The topological polar surface area (TPSA) is 602 Å². The molecule has 4 fully saturated rings. The van der Waals surface area contributed by atoms with Crippen LogP contribution in [0.4, 0.5) is 4.39 Å². The van der Waals surface area contributed by atoms with Gasteiger partial charge in [-0.2, -0.15) is 0 Å². The number of esters is 1. The first-order valence-electron chi connectivity index (χ1n) is 31.3. The van der Waals surface area contributed by atoms with Crippen LogP contribution in [0.3, 0.4) is 0 Å². The smallest absolute Gasteiger partial charge is 0.306 e. The number of rotatable bonds is 20. The Morgan fingerprint density at radius 1 is 0.633 bits per heavy atom. The molecule has 25 unspecified atom stereocenters. The molecule has 25 atom stereocenters. The number of aliphatic imine (C=N–C) groups is 2. The molecule has 0 aliphatic carbocycles. The lowest BCUT2D eigenvalue weighted by Gasteiger charge is -2.46. The standard InChI is InChI=1S/C59H85FN12O26/c1-21(2)11-35(78)97-49-44(84)42(82)32(19-75)95-57(49)98-48-33(20-76)96-56(47(87)45(48)85)94-30-10-9-23(12-25(30)60)13-26-51(89)70-37(39(79)27-14-64-58(61)68-27)54(92)71-38(40(80)29-15-65-59(62)72(29)55-46(86)43(83)41(81)31(18-74)93-55)53(91)67-28(17-73)50(88)63-16-34(77)69-36(52(90)66-26)22(3)24-7-5-4-6-8-24/h4-10,12,21-22,26-29,31-33,36-49,55-57,73-76,79-87H,11,13-20H2,1-3H3,(H2,62,65)(H,63,88)(H,66,90)(H,67,91)(H,69,77)(H,70,89)(H,71,92)(H3,61,64,68). The van der Waals surface area contributed by atoms with Gasteiger partial charge in [-0.15, -0.1) is 0 Å². The normalized spacial score (nSPS) is 35.7. The van der Waals surface area contributed by atoms with Crippen molar-refractivity contribution in [1.29, 1.82) is 0 Å². The van der Waals surface area contributed by atoms with E-state index in [0.717, 1.165) is 23.1 Å². The van der Waals surface area contributed by atoms with E-state index >= 15 is 14.0 Å². The highest BCUT2D eigenvalue weighted by atomic mass is 19.1. The number of hydrogen-bond donors (Lipinski definition) is 22. The van der Waals surface area contributed by atoms with Crippen molar-refractivity contribution >= 4 is 53.3 Å². The summed E-state index contributed by atoms with van der Waals surface area (Å²) in [5, 5.41) is 159. The lowest BCUT2D eigenvalue weighted by molar-refractivity contribution is -0.353. The first-order valence-corrected chi connectivity index (χ1v) is 31.3. The van der Waals surface area contributed by atoms with Gasteiger partial charge in [0.25, 0.3) is 0 Å². The molecule has 98 heavy (non-hydrogen) atoms. The highest BCUT2D eigenvalue weighted by Gasteiger charge is 2.55. The van der Waals surface area contributed by atoms with Crippen LogP contribution in [-0.4, -0.2) is 317 Å². The van der Waals surface area contributed by atoms with Crippen molar-refractivity contribution in [3.05, 3.63) is 65.5 Å². The first kappa shape index (κ1) is 76.1. The molecule has 0 saturated carbocycles. The van der Waals surface area contributed by atoms with E-state index in [1.54, 1.807) is 44.2 Å². The highest BCUT2D eigenvalue weighted by molar-refractivity contribution is 5.98. The Balaban J connectivity index is 1.11. The van der Waals surface area contributed by atoms with Crippen LogP contribution in [0.15, 0.2) is 58.5 Å². The molecule has 2 aromatic rings. The van der Waals surface area contributed by atoms with Gasteiger partial charge in [0.2, 0.25) is 41.7 Å². The van der Waals surface area contributed by atoms with E-state index in [4.69, 9.17) is 39.9 Å². The fourth-order valence-corrected chi connectivity index (χ4v) is 11.9. The molecule has 4 saturated heterocycles. The number of aliphatic hydroxyl groups is 13. The molecule has 2 aromatic carbocycles. The highest BCUT2D eigenvalue weighted by Crippen LogP contribution is 2.34. The van der Waals surface area contributed by atoms with E-state index in [-0.39, 0.29) is 30.4 Å². The maximum Gasteiger partial charge on any atom is 0.306 e. The number of ether oxygens (including phenoxy) is 6. The summed E-state index contributed by atoms with van der Waals surface area (Å²) in [6.07, 6.45) is -33.5. The number of halogens is 1. The van der Waals surface area contributed by atoms with Crippen LogP contribution in [0, 0.1) is 11.7 Å². The molecule has 8 rings (SSSR count). The van der Waals surface area contributed by atoms with Crippen LogP contribution in [0.5, 0.6) is 5.75 Å². The second-order valence-corrected chi connectivity index (χ2v) is 24.7. The number of guanidine groups is 2. The lowest BCUT2D eigenvalue weighted by Crippen LogP contribution is -2.70. The van der Waals surface area contributed by atoms with Crippen LogP contribution in [0.25, 0.3) is 0 Å². The number of benzene rings is 2. The maximum absolute atomic E-state index is 16.6. The molecule has 39 heteroatoms. The summed E-state index contributed by atoms with van der Waals surface area (Å²) in [6, 6.07) is -2.36. The molecule has 6 aliphatic rings. The summed E-state index contributed by atoms with van der Waals surface area (Å²) in [5.74, 6) is -12.5. The van der Waals surface area contributed by atoms with E-state index in [9.17, 15) is 90.4 Å². The van der Waals surface area contributed by atoms with Gasteiger partial charge >= 0.3 is 5.97 Å². The largest absolute Gasteiger partial charge is 0.459 e. The minimum Gasteiger partial charge on any atom is -0.459 e. The van der Waals surface area contributed by atoms with E-state index in [1.807, 2.05) is 0 Å². The van der Waals surface area contributed by atoms with Crippen molar-refractivity contribution in [2.24, 2.45) is 27.4 Å². The average molecular weight is 1400 g/mol. The fourth-order valence-electron chi connectivity index (χ4n) is 11.9. The van der Waals surface area contributed by atoms with Crippen molar-refractivity contribution in [3.63, 3.8) is 0 Å². The van der Waals surface area contributed by atoms with Crippen LogP contribution < -0.4 is 53.4 Å². The molecule has 24 N–H and O–H groups in total. The molecule has 0 spiro atoms. The molecule has 544 valence electrons. The molecule has 6 heterocycles. The van der Waals surface area contributed by atoms with Crippen LogP contribution >= 0.6 is 0 Å². The van der Waals surface area contributed by atoms with E-state index < -0.39 is 257 Å². The van der Waals surface area contributed by atoms with Gasteiger partial charge in [0.1, 0.15) is 110 Å². The second-order valence-electron chi connectivity index (χ2n) is 24.7. The minimum absolute atomic E-state index is 0.159. The summed E-state index contributed by atoms with van der Waals surface area (Å²) >= 11 is 0. The van der Waals surface area contributed by atoms with Gasteiger partial charge in [0.15, 0.2) is 42.1 Å². The van der Waals surface area contributed by atoms with Crippen LogP contribution in [0.1, 0.15) is 44.2 Å². The average Bonchev–Trinajstić information content (AvgIpc) is 1.40. The molecular weight excluding hydrogens is 1310 g/mol. The molecule has 38 nitrogen and oxygen atoms in total. The third kappa shape index (κ3) is 17.5. The molecule has 0 radical (unpaired) electrons. The SMILES string of the molecule is CC(C)CC(=O)OC1C(OC2C(CO)OC(Oc3ccc(CC4NC(=O)C(C(C)c5ccccc5)NC(=O)CNC(=O)C(CO)NC(=O)C(C(O)C5CN=C(N)N5C5OC(CO)C(O)C(O)C5O)NC(=O)C(C(O)C5CN=C(N)N5)NC4=O)cc3F)C(O)C2O)OC(CO)C(O)C1O.